The van der Waals surface area contributed by atoms with E-state index in [0.29, 0.717) is 12.0 Å². The Bertz CT molecular complexity index is 772. The molecule has 8 heteroatoms. The Morgan fingerprint density at radius 2 is 1.83 bits per heavy atom. The summed E-state index contributed by atoms with van der Waals surface area (Å²) < 4.78 is 14.5. The second-order valence-electron chi connectivity index (χ2n) is 5.39. The molecule has 2 rings (SSSR count). The number of carbonyl (C=O) groups excluding carboxylic acids is 1. The van der Waals surface area contributed by atoms with E-state index in [1.54, 1.807) is 12.1 Å². The van der Waals surface area contributed by atoms with Crippen molar-refractivity contribution in [3.8, 4) is 5.75 Å². The Balaban J connectivity index is 2.42. The van der Waals surface area contributed by atoms with Gasteiger partial charge in [0.25, 0.3) is 0 Å². The van der Waals surface area contributed by atoms with E-state index < -0.39 is 13.7 Å². The summed E-state index contributed by atoms with van der Waals surface area (Å²) in [5.41, 5.74) is 0.608. The minimum atomic E-state index is -4.73. The van der Waals surface area contributed by atoms with Crippen molar-refractivity contribution in [2.45, 2.75) is 25.7 Å². The van der Waals surface area contributed by atoms with Gasteiger partial charge in [0.05, 0.1) is 11.5 Å². The van der Waals surface area contributed by atoms with E-state index in [9.17, 15) is 19.6 Å². The zero-order valence-corrected chi connectivity index (χ0v) is 13.8. The van der Waals surface area contributed by atoms with Gasteiger partial charge in [0, 0.05) is 17.9 Å². The Hall–Kier alpha value is -2.21. The topological polar surface area (TPSA) is 127 Å². The number of benzene rings is 1. The van der Waals surface area contributed by atoms with Crippen LogP contribution in [0.3, 0.4) is 0 Å². The summed E-state index contributed by atoms with van der Waals surface area (Å²) >= 11 is 0. The Labute approximate surface area is 138 Å². The van der Waals surface area contributed by atoms with Gasteiger partial charge in [-0.25, -0.2) is 4.57 Å². The van der Waals surface area contributed by atoms with E-state index in [2.05, 4.69) is 4.76 Å². The molecule has 0 saturated carbocycles. The fraction of sp³-hybridized carbons (Fsp3) is 0.250. The quantitative estimate of drug-likeness (QED) is 0.604. The number of hydrogen-bond acceptors (Lipinski definition) is 4. The van der Waals surface area contributed by atoms with Gasteiger partial charge in [0.15, 0.2) is 5.78 Å². The SMILES string of the molecule is CCC(C(=O)C1=CC=C(O)CC1=NP(=O)(O)O)c1ccc(O)cc1. The summed E-state index contributed by atoms with van der Waals surface area (Å²) in [6.07, 6.45) is 2.88. The average molecular weight is 351 g/mol. The third kappa shape index (κ3) is 4.41. The van der Waals surface area contributed by atoms with Crippen molar-refractivity contribution >= 4 is 19.2 Å². The van der Waals surface area contributed by atoms with Crippen LogP contribution in [0, 0.1) is 0 Å². The number of ketones is 1. The van der Waals surface area contributed by atoms with Crippen LogP contribution >= 0.6 is 7.75 Å². The molecule has 24 heavy (non-hydrogen) atoms. The van der Waals surface area contributed by atoms with Crippen LogP contribution in [0.2, 0.25) is 0 Å². The van der Waals surface area contributed by atoms with Gasteiger partial charge in [0.1, 0.15) is 5.75 Å². The highest BCUT2D eigenvalue weighted by atomic mass is 31.2. The number of hydrogen-bond donors (Lipinski definition) is 4. The first-order valence-corrected chi connectivity index (χ1v) is 8.85. The molecule has 0 fully saturated rings. The number of aliphatic hydroxyl groups is 1. The molecule has 128 valence electrons. The summed E-state index contributed by atoms with van der Waals surface area (Å²) in [7, 11) is -4.73. The van der Waals surface area contributed by atoms with E-state index in [1.165, 1.54) is 24.3 Å². The molecule has 0 amide bonds. The lowest BCUT2D eigenvalue weighted by atomic mass is 9.85. The second-order valence-corrected chi connectivity index (χ2v) is 6.62. The number of allylic oxidation sites excluding steroid dienone is 4. The molecule has 1 aliphatic rings. The van der Waals surface area contributed by atoms with Crippen LogP contribution in [-0.4, -0.2) is 31.5 Å². The normalized spacial score (nSPS) is 18.0. The highest BCUT2D eigenvalue weighted by Crippen LogP contribution is 2.39. The van der Waals surface area contributed by atoms with Gasteiger partial charge >= 0.3 is 7.75 Å². The van der Waals surface area contributed by atoms with E-state index >= 15 is 0 Å². The van der Waals surface area contributed by atoms with Crippen LogP contribution in [0.5, 0.6) is 5.75 Å². The molecule has 4 N–H and O–H groups in total. The molecule has 1 aliphatic carbocycles. The van der Waals surface area contributed by atoms with E-state index in [1.807, 2.05) is 6.92 Å². The predicted octanol–water partition coefficient (Wildman–Crippen LogP) is 2.76. The number of nitrogens with zero attached hydrogens (tertiary/aromatic N) is 1. The van der Waals surface area contributed by atoms with Gasteiger partial charge in [-0.05, 0) is 36.3 Å². The van der Waals surface area contributed by atoms with Crippen LogP contribution in [-0.2, 0) is 9.36 Å². The maximum atomic E-state index is 12.8. The fourth-order valence-corrected chi connectivity index (χ4v) is 3.03. The first-order valence-electron chi connectivity index (χ1n) is 7.29. The molecule has 0 radical (unpaired) electrons. The van der Waals surface area contributed by atoms with Crippen LogP contribution in [0.25, 0.3) is 0 Å². The predicted molar refractivity (Wildman–Crippen MR) is 89.0 cm³/mol. The minimum Gasteiger partial charge on any atom is -0.512 e. The van der Waals surface area contributed by atoms with Crippen LogP contribution in [0.15, 0.2) is 52.5 Å². The molecular weight excluding hydrogens is 333 g/mol. The molecule has 0 aliphatic heterocycles. The molecule has 0 aromatic heterocycles. The molecule has 1 atom stereocenters. The van der Waals surface area contributed by atoms with E-state index in [-0.39, 0.29) is 35.0 Å². The fourth-order valence-electron chi connectivity index (χ4n) is 2.54. The van der Waals surface area contributed by atoms with Crippen molar-refractivity contribution in [2.24, 2.45) is 4.76 Å². The molecular formula is C16H18NO6P. The van der Waals surface area contributed by atoms with Gasteiger partial charge in [-0.2, -0.15) is 4.76 Å². The molecule has 0 saturated heterocycles. The van der Waals surface area contributed by atoms with Crippen molar-refractivity contribution in [3.05, 3.63) is 53.3 Å². The van der Waals surface area contributed by atoms with E-state index in [0.717, 1.165) is 0 Å². The lowest BCUT2D eigenvalue weighted by Gasteiger charge is -2.19. The zero-order chi connectivity index (χ0) is 17.9. The highest BCUT2D eigenvalue weighted by Gasteiger charge is 2.29. The first-order chi connectivity index (χ1) is 11.2. The summed E-state index contributed by atoms with van der Waals surface area (Å²) in [4.78, 5) is 31.0. The molecule has 1 aromatic rings. The number of rotatable bonds is 5. The van der Waals surface area contributed by atoms with Gasteiger partial charge in [-0.15, -0.1) is 0 Å². The van der Waals surface area contributed by atoms with Crippen molar-refractivity contribution in [1.29, 1.82) is 0 Å². The van der Waals surface area contributed by atoms with E-state index in [4.69, 9.17) is 9.79 Å². The summed E-state index contributed by atoms with van der Waals surface area (Å²) in [5, 5.41) is 18.9. The number of phenolic OH excluding ortho intramolecular Hbond substituents is 1. The van der Waals surface area contributed by atoms with Gasteiger partial charge < -0.3 is 20.0 Å². The molecule has 0 spiro atoms. The van der Waals surface area contributed by atoms with Crippen molar-refractivity contribution in [3.63, 3.8) is 0 Å². The van der Waals surface area contributed by atoms with Gasteiger partial charge in [-0.3, -0.25) is 4.79 Å². The third-order valence-electron chi connectivity index (χ3n) is 3.64. The maximum absolute atomic E-state index is 12.8. The smallest absolute Gasteiger partial charge is 0.448 e. The Morgan fingerprint density at radius 1 is 1.21 bits per heavy atom. The third-order valence-corrected chi connectivity index (χ3v) is 4.14. The number of Topliss-reactive ketones (excluding diaryl/α,β-unsaturated/α-hetero) is 1. The number of aromatic hydroxyl groups is 1. The largest absolute Gasteiger partial charge is 0.512 e. The van der Waals surface area contributed by atoms with Crippen molar-refractivity contribution in [2.75, 3.05) is 0 Å². The van der Waals surface area contributed by atoms with Gasteiger partial charge in [-0.1, -0.05) is 19.1 Å². The second kappa shape index (κ2) is 7.13. The minimum absolute atomic E-state index is 0.0658. The lowest BCUT2D eigenvalue weighted by Crippen LogP contribution is -2.22. The van der Waals surface area contributed by atoms with Crippen LogP contribution in [0.4, 0.5) is 0 Å². The summed E-state index contributed by atoms with van der Waals surface area (Å²) in [6, 6.07) is 6.18. The van der Waals surface area contributed by atoms with Crippen LogP contribution in [0.1, 0.15) is 31.2 Å². The molecule has 1 aromatic carbocycles. The summed E-state index contributed by atoms with van der Waals surface area (Å²) in [5.74, 6) is -0.947. The van der Waals surface area contributed by atoms with Gasteiger partial charge in [0.2, 0.25) is 0 Å². The molecule has 0 bridgehead atoms. The van der Waals surface area contributed by atoms with Crippen molar-refractivity contribution in [1.82, 2.24) is 0 Å². The first kappa shape index (κ1) is 18.1. The van der Waals surface area contributed by atoms with Crippen molar-refractivity contribution < 1.29 is 29.4 Å². The highest BCUT2D eigenvalue weighted by molar-refractivity contribution is 7.50. The lowest BCUT2D eigenvalue weighted by molar-refractivity contribution is -0.116. The Kier molecular flexibility index (Phi) is 5.39. The number of aliphatic hydroxyl groups excluding tert-OH is 1. The zero-order valence-electron chi connectivity index (χ0n) is 13.0. The molecule has 7 nitrogen and oxygen atoms in total. The Morgan fingerprint density at radius 3 is 2.38 bits per heavy atom. The molecule has 1 unspecified atom stereocenters. The average Bonchev–Trinajstić information content (AvgIpc) is 2.48. The standard InChI is InChI=1S/C16H18NO6P/c1-2-13(10-3-5-11(18)6-4-10)16(20)14-8-7-12(19)9-15(14)17-24(21,22)23/h3-8,13,18-19H,2,9H2,1H3,(H2,21,22,23). The number of carbonyl (C=O) groups is 1. The van der Waals surface area contributed by atoms with Crippen LogP contribution < -0.4 is 0 Å². The monoisotopic (exact) mass is 351 g/mol. The molecule has 0 heterocycles. The maximum Gasteiger partial charge on any atom is 0.448 e. The number of phenols is 1. The summed E-state index contributed by atoms with van der Waals surface area (Å²) in [6.45, 7) is 1.81.